The number of carbonyl (C=O) groups excluding carboxylic acids is 1. The van der Waals surface area contributed by atoms with Gasteiger partial charge >= 0.3 is 6.03 Å². The monoisotopic (exact) mass is 297 g/mol. The van der Waals surface area contributed by atoms with Crippen molar-refractivity contribution in [3.05, 3.63) is 29.8 Å². The highest BCUT2D eigenvalue weighted by atomic mass is 32.2. The molecular formula is C13H19N3O3S. The fourth-order valence-electron chi connectivity index (χ4n) is 1.95. The standard InChI is InChI=1S/C13H19N3O3S/c1-9-6-11(9)8-16-13(17)15-7-10-2-4-12(5-3-10)20(14,18)19/h2-5,9,11H,6-8H2,1H3,(H2,14,18,19)(H2,15,16,17)/t9-,11-/m1/s1. The zero-order chi connectivity index (χ0) is 14.8. The molecule has 1 aromatic carbocycles. The molecule has 7 heteroatoms. The van der Waals surface area contributed by atoms with E-state index in [1.54, 1.807) is 12.1 Å². The van der Waals surface area contributed by atoms with Crippen LogP contribution in [0.4, 0.5) is 4.79 Å². The number of sulfonamides is 1. The summed E-state index contributed by atoms with van der Waals surface area (Å²) in [7, 11) is -3.67. The number of primary sulfonamides is 1. The van der Waals surface area contributed by atoms with Crippen LogP contribution in [-0.2, 0) is 16.6 Å². The lowest BCUT2D eigenvalue weighted by Crippen LogP contribution is -2.36. The lowest BCUT2D eigenvalue weighted by molar-refractivity contribution is 0.240. The van der Waals surface area contributed by atoms with E-state index in [1.165, 1.54) is 18.6 Å². The number of urea groups is 1. The summed E-state index contributed by atoms with van der Waals surface area (Å²) in [6.45, 7) is 3.21. The van der Waals surface area contributed by atoms with E-state index in [0.29, 0.717) is 24.9 Å². The van der Waals surface area contributed by atoms with E-state index in [2.05, 4.69) is 17.6 Å². The molecule has 2 atom stereocenters. The molecule has 0 saturated heterocycles. The first kappa shape index (κ1) is 14.8. The summed E-state index contributed by atoms with van der Waals surface area (Å²) in [4.78, 5) is 11.6. The summed E-state index contributed by atoms with van der Waals surface area (Å²) < 4.78 is 22.2. The van der Waals surface area contributed by atoms with E-state index in [-0.39, 0.29) is 10.9 Å². The third-order valence-electron chi connectivity index (χ3n) is 3.51. The highest BCUT2D eigenvalue weighted by molar-refractivity contribution is 7.89. The van der Waals surface area contributed by atoms with Gasteiger partial charge in [-0.25, -0.2) is 18.4 Å². The molecule has 20 heavy (non-hydrogen) atoms. The minimum Gasteiger partial charge on any atom is -0.338 e. The lowest BCUT2D eigenvalue weighted by atomic mass is 10.2. The Bertz CT molecular complexity index is 583. The Morgan fingerprint density at radius 1 is 1.30 bits per heavy atom. The normalized spacial score (nSPS) is 21.3. The summed E-state index contributed by atoms with van der Waals surface area (Å²) in [6, 6.07) is 5.90. The second-order valence-electron chi connectivity index (χ2n) is 5.23. The number of hydrogen-bond donors (Lipinski definition) is 3. The van der Waals surface area contributed by atoms with Crippen LogP contribution < -0.4 is 15.8 Å². The van der Waals surface area contributed by atoms with Gasteiger partial charge in [-0.1, -0.05) is 19.1 Å². The first-order valence-corrected chi connectivity index (χ1v) is 8.04. The molecule has 1 fully saturated rings. The molecule has 1 aliphatic carbocycles. The Balaban J connectivity index is 1.77. The number of hydrogen-bond acceptors (Lipinski definition) is 3. The molecule has 0 unspecified atom stereocenters. The van der Waals surface area contributed by atoms with Crippen LogP contribution in [0.25, 0.3) is 0 Å². The second kappa shape index (κ2) is 5.80. The maximum Gasteiger partial charge on any atom is 0.315 e. The third-order valence-corrected chi connectivity index (χ3v) is 4.44. The number of amides is 2. The van der Waals surface area contributed by atoms with Crippen LogP contribution in [-0.4, -0.2) is 21.0 Å². The average Bonchev–Trinajstić information content (AvgIpc) is 3.09. The van der Waals surface area contributed by atoms with Crippen molar-refractivity contribution in [1.29, 1.82) is 0 Å². The van der Waals surface area contributed by atoms with Crippen molar-refractivity contribution in [1.82, 2.24) is 10.6 Å². The van der Waals surface area contributed by atoms with E-state index >= 15 is 0 Å². The molecule has 110 valence electrons. The van der Waals surface area contributed by atoms with Crippen molar-refractivity contribution in [2.75, 3.05) is 6.54 Å². The van der Waals surface area contributed by atoms with Crippen LogP contribution in [0, 0.1) is 11.8 Å². The molecule has 0 aromatic heterocycles. The van der Waals surface area contributed by atoms with Crippen molar-refractivity contribution in [2.45, 2.75) is 24.8 Å². The lowest BCUT2D eigenvalue weighted by Gasteiger charge is -2.07. The molecule has 6 nitrogen and oxygen atoms in total. The van der Waals surface area contributed by atoms with Crippen LogP contribution >= 0.6 is 0 Å². The third kappa shape index (κ3) is 4.21. The highest BCUT2D eigenvalue weighted by Gasteiger charge is 2.32. The maximum absolute atomic E-state index is 11.5. The Morgan fingerprint density at radius 2 is 1.90 bits per heavy atom. The minimum atomic E-state index is -3.67. The van der Waals surface area contributed by atoms with Crippen molar-refractivity contribution in [2.24, 2.45) is 17.0 Å². The van der Waals surface area contributed by atoms with Gasteiger partial charge in [-0.05, 0) is 36.0 Å². The summed E-state index contributed by atoms with van der Waals surface area (Å²) in [5.41, 5.74) is 0.812. The van der Waals surface area contributed by atoms with Gasteiger partial charge in [0, 0.05) is 13.1 Å². The smallest absolute Gasteiger partial charge is 0.315 e. The maximum atomic E-state index is 11.5. The summed E-state index contributed by atoms with van der Waals surface area (Å²) in [5, 5.41) is 10.5. The molecule has 2 amide bonds. The Morgan fingerprint density at radius 3 is 2.40 bits per heavy atom. The van der Waals surface area contributed by atoms with E-state index in [9.17, 15) is 13.2 Å². The van der Waals surface area contributed by atoms with Crippen LogP contribution in [0.2, 0.25) is 0 Å². The fraction of sp³-hybridized carbons (Fsp3) is 0.462. The molecule has 1 aliphatic rings. The van der Waals surface area contributed by atoms with Gasteiger partial charge in [0.05, 0.1) is 4.90 Å². The number of nitrogens with one attached hydrogen (secondary N) is 2. The topological polar surface area (TPSA) is 101 Å². The number of carbonyl (C=O) groups is 1. The first-order valence-electron chi connectivity index (χ1n) is 6.49. The molecule has 4 N–H and O–H groups in total. The zero-order valence-electron chi connectivity index (χ0n) is 11.3. The Labute approximate surface area is 118 Å². The zero-order valence-corrected chi connectivity index (χ0v) is 12.1. The van der Waals surface area contributed by atoms with Gasteiger partial charge in [-0.15, -0.1) is 0 Å². The highest BCUT2D eigenvalue weighted by Crippen LogP contribution is 2.36. The molecule has 1 aromatic rings. The summed E-state index contributed by atoms with van der Waals surface area (Å²) in [5.74, 6) is 1.32. The largest absolute Gasteiger partial charge is 0.338 e. The van der Waals surface area contributed by atoms with Crippen molar-refractivity contribution in [3.63, 3.8) is 0 Å². The van der Waals surface area contributed by atoms with Gasteiger partial charge < -0.3 is 10.6 Å². The van der Waals surface area contributed by atoms with E-state index < -0.39 is 10.0 Å². The molecule has 0 aliphatic heterocycles. The van der Waals surface area contributed by atoms with Crippen LogP contribution in [0.5, 0.6) is 0 Å². The number of rotatable bonds is 5. The second-order valence-corrected chi connectivity index (χ2v) is 6.79. The van der Waals surface area contributed by atoms with Crippen LogP contribution in [0.1, 0.15) is 18.9 Å². The van der Waals surface area contributed by atoms with Crippen LogP contribution in [0.15, 0.2) is 29.2 Å². The summed E-state index contributed by atoms with van der Waals surface area (Å²) in [6.07, 6.45) is 1.18. The van der Waals surface area contributed by atoms with Gasteiger partial charge in [-0.2, -0.15) is 0 Å². The average molecular weight is 297 g/mol. The predicted octanol–water partition coefficient (Wildman–Crippen LogP) is 0.789. The Kier molecular flexibility index (Phi) is 4.29. The predicted molar refractivity (Wildman–Crippen MR) is 75.3 cm³/mol. The fourth-order valence-corrected chi connectivity index (χ4v) is 2.46. The number of benzene rings is 1. The van der Waals surface area contributed by atoms with Crippen molar-refractivity contribution < 1.29 is 13.2 Å². The van der Waals surface area contributed by atoms with Crippen molar-refractivity contribution in [3.8, 4) is 0 Å². The van der Waals surface area contributed by atoms with Gasteiger partial charge in [0.15, 0.2) is 0 Å². The van der Waals surface area contributed by atoms with E-state index in [4.69, 9.17) is 5.14 Å². The quantitative estimate of drug-likeness (QED) is 0.749. The molecule has 0 heterocycles. The first-order chi connectivity index (χ1) is 9.36. The minimum absolute atomic E-state index is 0.0634. The Hall–Kier alpha value is -1.60. The van der Waals surface area contributed by atoms with Crippen LogP contribution in [0.3, 0.4) is 0 Å². The molecule has 2 rings (SSSR count). The van der Waals surface area contributed by atoms with Gasteiger partial charge in [-0.3, -0.25) is 0 Å². The molecule has 0 radical (unpaired) electrons. The molecule has 0 spiro atoms. The van der Waals surface area contributed by atoms with Gasteiger partial charge in [0.2, 0.25) is 10.0 Å². The van der Waals surface area contributed by atoms with Gasteiger partial charge in [0.1, 0.15) is 0 Å². The summed E-state index contributed by atoms with van der Waals surface area (Å²) >= 11 is 0. The molecule has 0 bridgehead atoms. The van der Waals surface area contributed by atoms with E-state index in [1.807, 2.05) is 0 Å². The SMILES string of the molecule is C[C@@H]1C[C@@H]1CNC(=O)NCc1ccc(S(N)(=O)=O)cc1. The molecule has 1 saturated carbocycles. The van der Waals surface area contributed by atoms with Crippen molar-refractivity contribution >= 4 is 16.1 Å². The number of nitrogens with two attached hydrogens (primary N) is 1. The van der Waals surface area contributed by atoms with Gasteiger partial charge in [0.25, 0.3) is 0 Å². The van der Waals surface area contributed by atoms with E-state index in [0.717, 1.165) is 5.56 Å². The molecular weight excluding hydrogens is 278 g/mol.